The van der Waals surface area contributed by atoms with E-state index in [2.05, 4.69) is 24.1 Å². The first-order valence-corrected chi connectivity index (χ1v) is 9.98. The summed E-state index contributed by atoms with van der Waals surface area (Å²) < 4.78 is 11.7. The van der Waals surface area contributed by atoms with E-state index in [1.54, 1.807) is 0 Å². The van der Waals surface area contributed by atoms with E-state index in [-0.39, 0.29) is 18.0 Å². The van der Waals surface area contributed by atoms with Crippen molar-refractivity contribution in [2.24, 2.45) is 5.92 Å². The molecule has 0 saturated heterocycles. The molecule has 1 aromatic carbocycles. The van der Waals surface area contributed by atoms with Gasteiger partial charge in [-0.3, -0.25) is 4.98 Å². The summed E-state index contributed by atoms with van der Waals surface area (Å²) in [6.45, 7) is 11.9. The molecule has 3 aromatic heterocycles. The summed E-state index contributed by atoms with van der Waals surface area (Å²) in [7, 11) is 0. The Bertz CT molecular complexity index is 1270. The number of furan rings is 1. The standard InChI is InChI=1S/C24H26N2O3.ClH/c1-13(2)10-25-11-17-12-26-16(5)24-19(17)8-21(28-24)20-9-22(27)29-23-15(4)14(3)6-7-18(20)23;/h6-9,12-13,25H,10-11H2,1-5H3;1H. The second kappa shape index (κ2) is 8.62. The lowest BCUT2D eigenvalue weighted by molar-refractivity contribution is 0.552. The summed E-state index contributed by atoms with van der Waals surface area (Å²) in [6, 6.07) is 7.55. The van der Waals surface area contributed by atoms with Crippen LogP contribution in [0, 0.1) is 26.7 Å². The van der Waals surface area contributed by atoms with Crippen LogP contribution in [0.1, 0.15) is 36.2 Å². The number of aryl methyl sites for hydroxylation is 3. The van der Waals surface area contributed by atoms with Crippen LogP contribution in [-0.4, -0.2) is 11.5 Å². The number of fused-ring (bicyclic) bond motifs is 2. The highest BCUT2D eigenvalue weighted by Crippen LogP contribution is 2.35. The van der Waals surface area contributed by atoms with Gasteiger partial charge in [0, 0.05) is 35.1 Å². The summed E-state index contributed by atoms with van der Waals surface area (Å²) in [4.78, 5) is 16.8. The van der Waals surface area contributed by atoms with Crippen molar-refractivity contribution >= 4 is 34.3 Å². The van der Waals surface area contributed by atoms with Gasteiger partial charge >= 0.3 is 5.63 Å². The molecule has 0 amide bonds. The Balaban J connectivity index is 0.00000256. The highest BCUT2D eigenvalue weighted by atomic mass is 35.5. The molecule has 0 unspecified atom stereocenters. The minimum atomic E-state index is -0.379. The number of rotatable bonds is 5. The first kappa shape index (κ1) is 22.1. The van der Waals surface area contributed by atoms with Crippen molar-refractivity contribution < 1.29 is 8.83 Å². The largest absolute Gasteiger partial charge is 0.454 e. The number of benzene rings is 1. The smallest absolute Gasteiger partial charge is 0.336 e. The molecule has 1 N–H and O–H groups in total. The third kappa shape index (κ3) is 4.00. The third-order valence-corrected chi connectivity index (χ3v) is 5.39. The van der Waals surface area contributed by atoms with Crippen LogP contribution in [0.15, 0.2) is 44.1 Å². The monoisotopic (exact) mass is 426 g/mol. The molecule has 3 heterocycles. The van der Waals surface area contributed by atoms with Crippen LogP contribution in [0.5, 0.6) is 0 Å². The fourth-order valence-corrected chi connectivity index (χ4v) is 3.63. The van der Waals surface area contributed by atoms with Crippen LogP contribution in [0.25, 0.3) is 33.3 Å². The molecule has 0 spiro atoms. The fraction of sp³-hybridized carbons (Fsp3) is 0.333. The lowest BCUT2D eigenvalue weighted by Crippen LogP contribution is -2.19. The van der Waals surface area contributed by atoms with Gasteiger partial charge in [0.1, 0.15) is 11.3 Å². The molecular formula is C24H27ClN2O3. The second-order valence-electron chi connectivity index (χ2n) is 8.11. The van der Waals surface area contributed by atoms with E-state index < -0.39 is 0 Å². The van der Waals surface area contributed by atoms with Crippen LogP contribution >= 0.6 is 12.4 Å². The van der Waals surface area contributed by atoms with Crippen molar-refractivity contribution in [1.82, 2.24) is 10.3 Å². The molecule has 0 radical (unpaired) electrons. The van der Waals surface area contributed by atoms with Gasteiger partial charge in [0.15, 0.2) is 5.58 Å². The highest BCUT2D eigenvalue weighted by Gasteiger charge is 2.17. The van der Waals surface area contributed by atoms with Gasteiger partial charge < -0.3 is 14.2 Å². The number of hydrogen-bond acceptors (Lipinski definition) is 5. The van der Waals surface area contributed by atoms with Gasteiger partial charge in [0.05, 0.1) is 5.69 Å². The summed E-state index contributed by atoms with van der Waals surface area (Å²) in [6.07, 6.45) is 1.90. The van der Waals surface area contributed by atoms with Crippen LogP contribution in [0.2, 0.25) is 0 Å². The van der Waals surface area contributed by atoms with Crippen molar-refractivity contribution in [3.63, 3.8) is 0 Å². The maximum atomic E-state index is 12.3. The molecule has 158 valence electrons. The predicted molar refractivity (Wildman–Crippen MR) is 123 cm³/mol. The summed E-state index contributed by atoms with van der Waals surface area (Å²) in [5.41, 5.74) is 5.70. The molecule has 0 aliphatic carbocycles. The first-order valence-electron chi connectivity index (χ1n) is 9.98. The molecule has 6 heteroatoms. The van der Waals surface area contributed by atoms with E-state index in [4.69, 9.17) is 8.83 Å². The summed E-state index contributed by atoms with van der Waals surface area (Å²) in [5.74, 6) is 1.23. The Morgan fingerprint density at radius 3 is 2.53 bits per heavy atom. The number of aromatic nitrogens is 1. The first-order chi connectivity index (χ1) is 13.8. The lowest BCUT2D eigenvalue weighted by Gasteiger charge is -2.08. The maximum Gasteiger partial charge on any atom is 0.336 e. The van der Waals surface area contributed by atoms with Crippen molar-refractivity contribution in [1.29, 1.82) is 0 Å². The lowest BCUT2D eigenvalue weighted by atomic mass is 10.0. The van der Waals surface area contributed by atoms with E-state index in [1.165, 1.54) is 6.07 Å². The van der Waals surface area contributed by atoms with Crippen molar-refractivity contribution in [3.8, 4) is 11.3 Å². The average Bonchev–Trinajstić information content (AvgIpc) is 3.12. The highest BCUT2D eigenvalue weighted by molar-refractivity contribution is 5.97. The Morgan fingerprint density at radius 1 is 1.03 bits per heavy atom. The Labute approximate surface area is 181 Å². The molecule has 4 rings (SSSR count). The molecular weight excluding hydrogens is 400 g/mol. The van der Waals surface area contributed by atoms with Crippen LogP contribution < -0.4 is 10.9 Å². The van der Waals surface area contributed by atoms with Crippen molar-refractivity contribution in [2.75, 3.05) is 6.54 Å². The topological polar surface area (TPSA) is 68.3 Å². The van der Waals surface area contributed by atoms with Gasteiger partial charge in [-0.15, -0.1) is 12.4 Å². The molecule has 0 atom stereocenters. The predicted octanol–water partition coefficient (Wildman–Crippen LogP) is 5.69. The molecule has 0 bridgehead atoms. The zero-order chi connectivity index (χ0) is 20.7. The molecule has 30 heavy (non-hydrogen) atoms. The van der Waals surface area contributed by atoms with Gasteiger partial charge in [-0.1, -0.05) is 26.0 Å². The van der Waals surface area contributed by atoms with E-state index in [0.29, 0.717) is 17.3 Å². The van der Waals surface area contributed by atoms with Gasteiger partial charge in [-0.25, -0.2) is 4.79 Å². The summed E-state index contributed by atoms with van der Waals surface area (Å²) >= 11 is 0. The van der Waals surface area contributed by atoms with E-state index in [1.807, 2.05) is 45.2 Å². The minimum absolute atomic E-state index is 0. The third-order valence-electron chi connectivity index (χ3n) is 5.39. The van der Waals surface area contributed by atoms with E-state index in [9.17, 15) is 4.79 Å². The average molecular weight is 427 g/mol. The Kier molecular flexibility index (Phi) is 6.34. The van der Waals surface area contributed by atoms with Gasteiger partial charge in [0.2, 0.25) is 0 Å². The number of nitrogens with zero attached hydrogens (tertiary/aromatic N) is 1. The number of nitrogens with one attached hydrogen (secondary N) is 1. The fourth-order valence-electron chi connectivity index (χ4n) is 3.63. The molecule has 0 fully saturated rings. The molecule has 4 aromatic rings. The number of pyridine rings is 1. The van der Waals surface area contributed by atoms with Crippen molar-refractivity contribution in [2.45, 2.75) is 41.2 Å². The molecule has 5 nitrogen and oxygen atoms in total. The van der Waals surface area contributed by atoms with Crippen LogP contribution in [0.3, 0.4) is 0 Å². The zero-order valence-electron chi connectivity index (χ0n) is 18.0. The zero-order valence-corrected chi connectivity index (χ0v) is 18.8. The maximum absolute atomic E-state index is 12.3. The van der Waals surface area contributed by atoms with E-state index >= 15 is 0 Å². The van der Waals surface area contributed by atoms with Crippen LogP contribution in [0.4, 0.5) is 0 Å². The van der Waals surface area contributed by atoms with E-state index in [0.717, 1.165) is 57.4 Å². The molecule has 0 aliphatic rings. The van der Waals surface area contributed by atoms with Crippen LogP contribution in [-0.2, 0) is 6.54 Å². The Hall–Kier alpha value is -2.63. The quantitative estimate of drug-likeness (QED) is 0.415. The molecule has 0 saturated carbocycles. The minimum Gasteiger partial charge on any atom is -0.454 e. The molecule has 0 aliphatic heterocycles. The summed E-state index contributed by atoms with van der Waals surface area (Å²) in [5, 5.41) is 5.36. The Morgan fingerprint density at radius 2 is 1.80 bits per heavy atom. The normalized spacial score (nSPS) is 11.4. The van der Waals surface area contributed by atoms with Gasteiger partial charge in [-0.05, 0) is 56.0 Å². The number of halogens is 1. The van der Waals surface area contributed by atoms with Gasteiger partial charge in [0.25, 0.3) is 0 Å². The SMILES string of the molecule is Cc1ccc2c(-c3cc4c(CNCC(C)C)cnc(C)c4o3)cc(=O)oc2c1C.Cl. The van der Waals surface area contributed by atoms with Crippen molar-refractivity contribution in [3.05, 3.63) is 63.3 Å². The number of hydrogen-bond donors (Lipinski definition) is 1. The second-order valence-corrected chi connectivity index (χ2v) is 8.11. The van der Waals surface area contributed by atoms with Gasteiger partial charge in [-0.2, -0.15) is 0 Å².